The second-order valence-corrected chi connectivity index (χ2v) is 5.99. The maximum atomic E-state index is 12.2. The SMILES string of the molecule is CN(C)c1cccc(C(=O)NCCNc2ccc(-n3cccc3)nn2)c1. The van der Waals surface area contributed by atoms with Crippen molar-refractivity contribution in [2.45, 2.75) is 0 Å². The second kappa shape index (κ2) is 8.15. The molecule has 2 aromatic heterocycles. The molecule has 3 aromatic rings. The van der Waals surface area contributed by atoms with Crippen LogP contribution in [0.25, 0.3) is 5.82 Å². The number of benzene rings is 1. The monoisotopic (exact) mass is 350 g/mol. The number of aromatic nitrogens is 3. The molecule has 0 fully saturated rings. The molecule has 2 heterocycles. The summed E-state index contributed by atoms with van der Waals surface area (Å²) in [5.41, 5.74) is 1.64. The zero-order chi connectivity index (χ0) is 18.4. The van der Waals surface area contributed by atoms with Gasteiger partial charge in [0.1, 0.15) is 5.82 Å². The number of carbonyl (C=O) groups excluding carboxylic acids is 1. The molecule has 0 radical (unpaired) electrons. The van der Waals surface area contributed by atoms with E-state index in [1.807, 2.05) is 78.4 Å². The van der Waals surface area contributed by atoms with Crippen LogP contribution in [0.2, 0.25) is 0 Å². The highest BCUT2D eigenvalue weighted by molar-refractivity contribution is 5.95. The highest BCUT2D eigenvalue weighted by atomic mass is 16.1. The quantitative estimate of drug-likeness (QED) is 0.639. The van der Waals surface area contributed by atoms with E-state index in [-0.39, 0.29) is 5.91 Å². The lowest BCUT2D eigenvalue weighted by Crippen LogP contribution is -2.29. The topological polar surface area (TPSA) is 75.1 Å². The third kappa shape index (κ3) is 4.38. The summed E-state index contributed by atoms with van der Waals surface area (Å²) in [6.45, 7) is 1.06. The lowest BCUT2D eigenvalue weighted by Gasteiger charge is -2.13. The summed E-state index contributed by atoms with van der Waals surface area (Å²) in [6.07, 6.45) is 3.83. The van der Waals surface area contributed by atoms with Gasteiger partial charge in [-0.15, -0.1) is 10.2 Å². The van der Waals surface area contributed by atoms with Crippen LogP contribution in [0.5, 0.6) is 0 Å². The Balaban J connectivity index is 1.46. The van der Waals surface area contributed by atoms with E-state index in [9.17, 15) is 4.79 Å². The number of carbonyl (C=O) groups is 1. The van der Waals surface area contributed by atoms with Gasteiger partial charge in [0, 0.05) is 50.8 Å². The van der Waals surface area contributed by atoms with Gasteiger partial charge in [-0.2, -0.15) is 0 Å². The summed E-state index contributed by atoms with van der Waals surface area (Å²) >= 11 is 0. The van der Waals surface area contributed by atoms with Gasteiger partial charge >= 0.3 is 0 Å². The Morgan fingerprint density at radius 2 is 1.85 bits per heavy atom. The van der Waals surface area contributed by atoms with Crippen molar-refractivity contribution in [3.63, 3.8) is 0 Å². The van der Waals surface area contributed by atoms with Crippen LogP contribution in [-0.2, 0) is 0 Å². The largest absolute Gasteiger partial charge is 0.378 e. The maximum absolute atomic E-state index is 12.2. The molecule has 1 aromatic carbocycles. The Hall–Kier alpha value is -3.35. The highest BCUT2D eigenvalue weighted by Crippen LogP contribution is 2.13. The van der Waals surface area contributed by atoms with Gasteiger partial charge in [-0.1, -0.05) is 6.07 Å². The highest BCUT2D eigenvalue weighted by Gasteiger charge is 2.06. The minimum Gasteiger partial charge on any atom is -0.378 e. The number of hydrogen-bond acceptors (Lipinski definition) is 5. The fourth-order valence-electron chi connectivity index (χ4n) is 2.44. The zero-order valence-corrected chi connectivity index (χ0v) is 14.9. The molecule has 0 aliphatic heterocycles. The third-order valence-corrected chi connectivity index (χ3v) is 3.86. The van der Waals surface area contributed by atoms with Gasteiger partial charge in [0.2, 0.25) is 0 Å². The smallest absolute Gasteiger partial charge is 0.251 e. The average Bonchev–Trinajstić information content (AvgIpc) is 3.20. The van der Waals surface area contributed by atoms with E-state index in [0.717, 1.165) is 11.5 Å². The lowest BCUT2D eigenvalue weighted by molar-refractivity contribution is 0.0955. The van der Waals surface area contributed by atoms with E-state index in [0.29, 0.717) is 24.5 Å². The van der Waals surface area contributed by atoms with Crippen molar-refractivity contribution < 1.29 is 4.79 Å². The van der Waals surface area contributed by atoms with Crippen molar-refractivity contribution in [1.82, 2.24) is 20.1 Å². The summed E-state index contributed by atoms with van der Waals surface area (Å²) < 4.78 is 1.89. The molecule has 0 saturated heterocycles. The van der Waals surface area contributed by atoms with Crippen molar-refractivity contribution in [2.24, 2.45) is 0 Å². The van der Waals surface area contributed by atoms with E-state index >= 15 is 0 Å². The van der Waals surface area contributed by atoms with E-state index < -0.39 is 0 Å². The van der Waals surface area contributed by atoms with Gasteiger partial charge < -0.3 is 20.1 Å². The Morgan fingerprint density at radius 1 is 1.04 bits per heavy atom. The summed E-state index contributed by atoms with van der Waals surface area (Å²) in [5, 5.41) is 14.4. The van der Waals surface area contributed by atoms with Crippen LogP contribution in [0, 0.1) is 0 Å². The van der Waals surface area contributed by atoms with E-state index in [1.54, 1.807) is 6.07 Å². The first-order valence-electron chi connectivity index (χ1n) is 8.40. The van der Waals surface area contributed by atoms with Gasteiger partial charge in [-0.3, -0.25) is 4.79 Å². The molecule has 0 aliphatic carbocycles. The van der Waals surface area contributed by atoms with Crippen LogP contribution in [-0.4, -0.2) is 47.9 Å². The van der Waals surface area contributed by atoms with Crippen molar-refractivity contribution in [3.8, 4) is 5.82 Å². The molecule has 7 nitrogen and oxygen atoms in total. The molecule has 0 unspecified atom stereocenters. The van der Waals surface area contributed by atoms with E-state index in [4.69, 9.17) is 0 Å². The van der Waals surface area contributed by atoms with Crippen molar-refractivity contribution in [1.29, 1.82) is 0 Å². The Kier molecular flexibility index (Phi) is 5.48. The van der Waals surface area contributed by atoms with Crippen LogP contribution in [0.15, 0.2) is 60.9 Å². The number of nitrogens with zero attached hydrogens (tertiary/aromatic N) is 4. The average molecular weight is 350 g/mol. The molecule has 0 spiro atoms. The standard InChI is InChI=1S/C19H22N6O/c1-24(2)16-7-5-6-15(14-16)19(26)21-11-10-20-17-8-9-18(23-22-17)25-12-3-4-13-25/h3-9,12-14H,10-11H2,1-2H3,(H,20,22)(H,21,26). The van der Waals surface area contributed by atoms with Crippen LogP contribution >= 0.6 is 0 Å². The first kappa shape index (κ1) is 17.5. The predicted octanol–water partition coefficient (Wildman–Crippen LogP) is 2.18. The first-order chi connectivity index (χ1) is 12.6. The van der Waals surface area contributed by atoms with Crippen LogP contribution in [0.1, 0.15) is 10.4 Å². The summed E-state index contributed by atoms with van der Waals surface area (Å²) in [6, 6.07) is 15.1. The molecule has 0 saturated carbocycles. The summed E-state index contributed by atoms with van der Waals surface area (Å²) in [4.78, 5) is 14.2. The van der Waals surface area contributed by atoms with Crippen LogP contribution in [0.4, 0.5) is 11.5 Å². The number of hydrogen-bond donors (Lipinski definition) is 2. The van der Waals surface area contributed by atoms with Gasteiger partial charge in [-0.25, -0.2) is 0 Å². The lowest BCUT2D eigenvalue weighted by atomic mass is 10.2. The van der Waals surface area contributed by atoms with Gasteiger partial charge in [0.25, 0.3) is 5.91 Å². The predicted molar refractivity (Wildman–Crippen MR) is 103 cm³/mol. The molecule has 0 atom stereocenters. The van der Waals surface area contributed by atoms with Crippen LogP contribution in [0.3, 0.4) is 0 Å². The normalized spacial score (nSPS) is 10.4. The van der Waals surface area contributed by atoms with Gasteiger partial charge in [0.05, 0.1) is 0 Å². The Bertz CT molecular complexity index is 843. The third-order valence-electron chi connectivity index (χ3n) is 3.86. The van der Waals surface area contributed by atoms with Crippen molar-refractivity contribution in [2.75, 3.05) is 37.4 Å². The fourth-order valence-corrected chi connectivity index (χ4v) is 2.44. The number of nitrogens with one attached hydrogen (secondary N) is 2. The number of rotatable bonds is 7. The van der Waals surface area contributed by atoms with Gasteiger partial charge in [0.15, 0.2) is 5.82 Å². The molecule has 26 heavy (non-hydrogen) atoms. The molecular formula is C19H22N6O. The van der Waals surface area contributed by atoms with Gasteiger partial charge in [-0.05, 0) is 42.5 Å². The van der Waals surface area contributed by atoms with Crippen molar-refractivity contribution >= 4 is 17.4 Å². The van der Waals surface area contributed by atoms with Crippen molar-refractivity contribution in [3.05, 3.63) is 66.5 Å². The summed E-state index contributed by atoms with van der Waals surface area (Å²) in [7, 11) is 3.90. The minimum atomic E-state index is -0.0930. The molecule has 0 aliphatic rings. The molecular weight excluding hydrogens is 328 g/mol. The minimum absolute atomic E-state index is 0.0930. The van der Waals surface area contributed by atoms with E-state index in [2.05, 4.69) is 20.8 Å². The maximum Gasteiger partial charge on any atom is 0.251 e. The molecule has 134 valence electrons. The number of amides is 1. The fraction of sp³-hybridized carbons (Fsp3) is 0.211. The molecule has 1 amide bonds. The second-order valence-electron chi connectivity index (χ2n) is 5.99. The molecule has 3 rings (SSSR count). The first-order valence-corrected chi connectivity index (χ1v) is 8.40. The molecule has 0 bridgehead atoms. The molecule has 7 heteroatoms. The molecule has 2 N–H and O–H groups in total. The summed E-state index contributed by atoms with van der Waals surface area (Å²) in [5.74, 6) is 1.34. The number of anilines is 2. The zero-order valence-electron chi connectivity index (χ0n) is 14.9. The Morgan fingerprint density at radius 3 is 2.54 bits per heavy atom. The van der Waals surface area contributed by atoms with E-state index in [1.165, 1.54) is 0 Å². The Labute approximate surface area is 152 Å². The van der Waals surface area contributed by atoms with Crippen LogP contribution < -0.4 is 15.5 Å².